The lowest BCUT2D eigenvalue weighted by atomic mass is 10.3. The summed E-state index contributed by atoms with van der Waals surface area (Å²) in [6, 6.07) is 6.16. The minimum Gasteiger partial charge on any atom is -0.394 e. The van der Waals surface area contributed by atoms with E-state index in [1.807, 2.05) is 6.92 Å². The molecule has 2 heterocycles. The van der Waals surface area contributed by atoms with Crippen molar-refractivity contribution in [2.24, 2.45) is 0 Å². The topological polar surface area (TPSA) is 137 Å². The molecule has 174 valence electrons. The number of sulfonamides is 1. The fourth-order valence-corrected chi connectivity index (χ4v) is 4.60. The van der Waals surface area contributed by atoms with Gasteiger partial charge in [-0.15, -0.1) is 0 Å². The number of hydrogen-bond acceptors (Lipinski definition) is 8. The van der Waals surface area contributed by atoms with Gasteiger partial charge in [-0.2, -0.15) is 4.98 Å². The molecule has 12 heteroatoms. The molecule has 0 bridgehead atoms. The maximum atomic E-state index is 12.7. The zero-order valence-corrected chi connectivity index (χ0v) is 20.1. The molecule has 1 saturated heterocycles. The Balaban J connectivity index is 1.61. The van der Waals surface area contributed by atoms with Gasteiger partial charge >= 0.3 is 0 Å². The van der Waals surface area contributed by atoms with Gasteiger partial charge in [-0.25, -0.2) is 18.1 Å². The Morgan fingerprint density at radius 3 is 2.88 bits per heavy atom. The van der Waals surface area contributed by atoms with Crippen molar-refractivity contribution >= 4 is 49.3 Å². The summed E-state index contributed by atoms with van der Waals surface area (Å²) in [5.41, 5.74) is 0.513. The zero-order chi connectivity index (χ0) is 23.1. The average molecular weight is 527 g/mol. The number of anilines is 3. The number of carbonyl (C=O) groups is 1. The minimum absolute atomic E-state index is 0.0551. The first-order valence-corrected chi connectivity index (χ1v) is 12.6. The van der Waals surface area contributed by atoms with E-state index < -0.39 is 10.0 Å². The molecule has 0 spiro atoms. The Morgan fingerprint density at radius 2 is 2.16 bits per heavy atom. The summed E-state index contributed by atoms with van der Waals surface area (Å²) in [7, 11) is -3.70. The largest absolute Gasteiger partial charge is 0.394 e. The number of halogens is 1. The molecule has 1 aromatic carbocycles. The van der Waals surface area contributed by atoms with Crippen LogP contribution >= 0.6 is 15.9 Å². The van der Waals surface area contributed by atoms with Crippen molar-refractivity contribution in [3.05, 3.63) is 34.9 Å². The van der Waals surface area contributed by atoms with Gasteiger partial charge in [0, 0.05) is 44.0 Å². The average Bonchev–Trinajstić information content (AvgIpc) is 3.18. The van der Waals surface area contributed by atoms with Gasteiger partial charge in [-0.1, -0.05) is 6.07 Å². The number of carbonyl (C=O) groups excluding carboxylic acids is 1. The fraction of sp³-hybridized carbons (Fsp3) is 0.450. The lowest BCUT2D eigenvalue weighted by Gasteiger charge is -2.15. The van der Waals surface area contributed by atoms with Crippen molar-refractivity contribution < 1.29 is 18.3 Å². The van der Waals surface area contributed by atoms with Crippen LogP contribution in [0.4, 0.5) is 17.5 Å². The van der Waals surface area contributed by atoms with Crippen LogP contribution in [0.15, 0.2) is 39.8 Å². The molecule has 1 aromatic heterocycles. The lowest BCUT2D eigenvalue weighted by Crippen LogP contribution is -2.30. The van der Waals surface area contributed by atoms with Crippen molar-refractivity contribution in [2.45, 2.75) is 37.1 Å². The molecule has 1 aliphatic rings. The third kappa shape index (κ3) is 6.61. The Bertz CT molecular complexity index is 1050. The van der Waals surface area contributed by atoms with Crippen molar-refractivity contribution in [3.8, 4) is 0 Å². The van der Waals surface area contributed by atoms with Crippen LogP contribution in [0.2, 0.25) is 0 Å². The van der Waals surface area contributed by atoms with Crippen molar-refractivity contribution in [2.75, 3.05) is 36.9 Å². The SMILES string of the molecule is C[C@H](CO)Nc1nc(Nc2cccc(S(=O)(=O)NCCCN3CCCC3=O)c2)ncc1Br. The second-order valence-electron chi connectivity index (χ2n) is 7.51. The highest BCUT2D eigenvalue weighted by Gasteiger charge is 2.20. The Hall–Kier alpha value is -2.28. The third-order valence-corrected chi connectivity index (χ3v) is 6.91. The molecule has 1 amide bonds. The number of aromatic nitrogens is 2. The van der Waals surface area contributed by atoms with Crippen LogP contribution in [0, 0.1) is 0 Å². The second kappa shape index (κ2) is 11.0. The number of benzene rings is 1. The number of aliphatic hydroxyl groups is 1. The van der Waals surface area contributed by atoms with Gasteiger partial charge in [0.1, 0.15) is 5.82 Å². The van der Waals surface area contributed by atoms with Gasteiger partial charge in [-0.3, -0.25) is 4.79 Å². The summed E-state index contributed by atoms with van der Waals surface area (Å²) in [6.45, 7) is 3.30. The van der Waals surface area contributed by atoms with Gasteiger partial charge < -0.3 is 20.6 Å². The van der Waals surface area contributed by atoms with Gasteiger partial charge in [-0.05, 0) is 53.9 Å². The van der Waals surface area contributed by atoms with E-state index in [-0.39, 0.29) is 35.9 Å². The smallest absolute Gasteiger partial charge is 0.240 e. The number of hydrogen-bond donors (Lipinski definition) is 4. The molecule has 1 fully saturated rings. The number of aliphatic hydroxyl groups excluding tert-OH is 1. The van der Waals surface area contributed by atoms with Crippen LogP contribution in [0.5, 0.6) is 0 Å². The highest BCUT2D eigenvalue weighted by atomic mass is 79.9. The number of nitrogens with zero attached hydrogens (tertiary/aromatic N) is 3. The molecule has 1 atom stereocenters. The van der Waals surface area contributed by atoms with Crippen LogP contribution in [-0.2, 0) is 14.8 Å². The van der Waals surface area contributed by atoms with Crippen molar-refractivity contribution in [3.63, 3.8) is 0 Å². The summed E-state index contributed by atoms with van der Waals surface area (Å²) in [5.74, 6) is 0.913. The molecule has 32 heavy (non-hydrogen) atoms. The van der Waals surface area contributed by atoms with Gasteiger partial charge in [0.15, 0.2) is 0 Å². The summed E-state index contributed by atoms with van der Waals surface area (Å²) < 4.78 is 28.5. The molecule has 3 rings (SSSR count). The van der Waals surface area contributed by atoms with E-state index >= 15 is 0 Å². The van der Waals surface area contributed by atoms with E-state index in [0.29, 0.717) is 35.4 Å². The molecule has 10 nitrogen and oxygen atoms in total. The molecule has 1 aliphatic heterocycles. The lowest BCUT2D eigenvalue weighted by molar-refractivity contribution is -0.127. The molecule has 0 unspecified atom stereocenters. The van der Waals surface area contributed by atoms with Gasteiger partial charge in [0.2, 0.25) is 21.9 Å². The van der Waals surface area contributed by atoms with E-state index in [1.165, 1.54) is 12.1 Å². The molecule has 4 N–H and O–H groups in total. The second-order valence-corrected chi connectivity index (χ2v) is 10.1. The molecule has 0 radical (unpaired) electrons. The summed E-state index contributed by atoms with van der Waals surface area (Å²) in [4.78, 5) is 22.1. The normalized spacial score (nSPS) is 15.1. The Labute approximate surface area is 196 Å². The van der Waals surface area contributed by atoms with Gasteiger partial charge in [0.25, 0.3) is 0 Å². The summed E-state index contributed by atoms with van der Waals surface area (Å²) >= 11 is 3.36. The molecular formula is C20H27BrN6O4S. The van der Waals surface area contributed by atoms with E-state index in [9.17, 15) is 18.3 Å². The molecular weight excluding hydrogens is 500 g/mol. The van der Waals surface area contributed by atoms with Crippen LogP contribution in [0.1, 0.15) is 26.2 Å². The van der Waals surface area contributed by atoms with E-state index in [4.69, 9.17) is 0 Å². The van der Waals surface area contributed by atoms with E-state index in [2.05, 4.69) is 41.3 Å². The number of rotatable bonds is 11. The standard InChI is InChI=1S/C20H27BrN6O4S/c1-14(13-28)24-19-17(21)12-22-20(26-19)25-15-5-2-6-16(11-15)32(30,31)23-8-4-10-27-9-3-7-18(27)29/h2,5-6,11-12,14,23,28H,3-4,7-10,13H2,1H3,(H2,22,24,25,26)/t14-/m1/s1. The predicted octanol–water partition coefficient (Wildman–Crippen LogP) is 2.07. The highest BCUT2D eigenvalue weighted by molar-refractivity contribution is 9.10. The Kier molecular flexibility index (Phi) is 8.40. The summed E-state index contributed by atoms with van der Waals surface area (Å²) in [5, 5.41) is 15.3. The fourth-order valence-electron chi connectivity index (χ4n) is 3.18. The van der Waals surface area contributed by atoms with Crippen LogP contribution < -0.4 is 15.4 Å². The number of likely N-dealkylation sites (tertiary alicyclic amines) is 1. The first kappa shape index (κ1) is 24.4. The van der Waals surface area contributed by atoms with Gasteiger partial charge in [0.05, 0.1) is 16.0 Å². The first-order valence-electron chi connectivity index (χ1n) is 10.3. The highest BCUT2D eigenvalue weighted by Crippen LogP contribution is 2.23. The van der Waals surface area contributed by atoms with E-state index in [1.54, 1.807) is 23.2 Å². The van der Waals surface area contributed by atoms with Crippen LogP contribution in [0.25, 0.3) is 0 Å². The third-order valence-electron chi connectivity index (χ3n) is 4.87. The van der Waals surface area contributed by atoms with Crippen molar-refractivity contribution in [1.29, 1.82) is 0 Å². The Morgan fingerprint density at radius 1 is 1.34 bits per heavy atom. The molecule has 0 aliphatic carbocycles. The monoisotopic (exact) mass is 526 g/mol. The quantitative estimate of drug-likeness (QED) is 0.326. The maximum absolute atomic E-state index is 12.7. The molecule has 2 aromatic rings. The predicted molar refractivity (Wildman–Crippen MR) is 125 cm³/mol. The number of amides is 1. The van der Waals surface area contributed by atoms with Crippen molar-refractivity contribution in [1.82, 2.24) is 19.6 Å². The zero-order valence-electron chi connectivity index (χ0n) is 17.7. The van der Waals surface area contributed by atoms with E-state index in [0.717, 1.165) is 13.0 Å². The summed E-state index contributed by atoms with van der Waals surface area (Å²) in [6.07, 6.45) is 3.56. The molecule has 0 saturated carbocycles. The number of nitrogens with one attached hydrogen (secondary N) is 3. The van der Waals surface area contributed by atoms with Crippen LogP contribution in [0.3, 0.4) is 0 Å². The van der Waals surface area contributed by atoms with Crippen LogP contribution in [-0.4, -0.2) is 66.6 Å². The maximum Gasteiger partial charge on any atom is 0.240 e. The minimum atomic E-state index is -3.70. The first-order chi connectivity index (χ1) is 15.3.